The van der Waals surface area contributed by atoms with E-state index in [1.165, 1.54) is 19.4 Å². The maximum Gasteiger partial charge on any atom is 0.247 e. The summed E-state index contributed by atoms with van der Waals surface area (Å²) in [4.78, 5) is 24.7. The third-order valence-electron chi connectivity index (χ3n) is 4.81. The maximum atomic E-state index is 12.0. The van der Waals surface area contributed by atoms with Gasteiger partial charge in [-0.25, -0.2) is 4.98 Å². The molecule has 0 bridgehead atoms. The van der Waals surface area contributed by atoms with Gasteiger partial charge in [0.05, 0.1) is 24.7 Å². The van der Waals surface area contributed by atoms with Crippen molar-refractivity contribution in [3.05, 3.63) is 36.0 Å². The lowest BCUT2D eigenvalue weighted by atomic mass is 10.2. The monoisotopic (exact) mass is 476 g/mol. The Bertz CT molecular complexity index is 997. The molecule has 0 spiro atoms. The van der Waals surface area contributed by atoms with E-state index in [1.807, 2.05) is 26.0 Å². The largest absolute Gasteiger partial charge is 0.494 e. The van der Waals surface area contributed by atoms with Crippen molar-refractivity contribution in [1.82, 2.24) is 19.8 Å². The summed E-state index contributed by atoms with van der Waals surface area (Å²) in [5.74, 6) is 1.14. The molecule has 0 atom stereocenters. The number of methoxy groups -OCH3 is 1. The number of hydrogen-bond donors (Lipinski definition) is 2. The van der Waals surface area contributed by atoms with E-state index in [4.69, 9.17) is 25.8 Å². The van der Waals surface area contributed by atoms with Crippen molar-refractivity contribution in [1.29, 1.82) is 0 Å². The Morgan fingerprint density at radius 3 is 2.73 bits per heavy atom. The van der Waals surface area contributed by atoms with Crippen LogP contribution in [0.5, 0.6) is 17.4 Å². The standard InChI is InChI=1S/C22H29ClN6O4/c1-6-20(30)25-17-9-16(18(31-5)10-19(17)32-8-7-28(2)3)26-22-24-11-15(23)21(27-22)33-14-12-29(4)13-14/h6,9-11,14H,1,7-8,12-13H2,2-5H3,(H,25,30)(H,24,26,27). The minimum Gasteiger partial charge on any atom is -0.494 e. The van der Waals surface area contributed by atoms with Crippen molar-refractivity contribution in [3.63, 3.8) is 0 Å². The van der Waals surface area contributed by atoms with Gasteiger partial charge in [0.25, 0.3) is 0 Å². The Kier molecular flexibility index (Phi) is 8.32. The van der Waals surface area contributed by atoms with Gasteiger partial charge in [-0.15, -0.1) is 0 Å². The van der Waals surface area contributed by atoms with E-state index in [2.05, 4.69) is 32.1 Å². The van der Waals surface area contributed by atoms with Crippen molar-refractivity contribution in [2.24, 2.45) is 0 Å². The highest BCUT2D eigenvalue weighted by Crippen LogP contribution is 2.38. The van der Waals surface area contributed by atoms with Crippen molar-refractivity contribution in [2.75, 3.05) is 65.1 Å². The van der Waals surface area contributed by atoms with Crippen molar-refractivity contribution in [3.8, 4) is 17.4 Å². The number of hydrogen-bond acceptors (Lipinski definition) is 9. The molecule has 11 heteroatoms. The molecule has 2 aromatic rings. The first-order chi connectivity index (χ1) is 15.8. The van der Waals surface area contributed by atoms with E-state index in [0.717, 1.165) is 13.1 Å². The number of carbonyl (C=O) groups excluding carboxylic acids is 1. The molecule has 178 valence electrons. The molecular formula is C22H29ClN6O4. The lowest BCUT2D eigenvalue weighted by Crippen LogP contribution is -2.51. The van der Waals surface area contributed by atoms with Gasteiger partial charge < -0.3 is 29.7 Å². The highest BCUT2D eigenvalue weighted by Gasteiger charge is 2.26. The predicted molar refractivity (Wildman–Crippen MR) is 128 cm³/mol. The van der Waals surface area contributed by atoms with Gasteiger partial charge >= 0.3 is 0 Å². The number of aromatic nitrogens is 2. The van der Waals surface area contributed by atoms with Crippen LogP contribution in [0.15, 0.2) is 31.0 Å². The Morgan fingerprint density at radius 2 is 2.09 bits per heavy atom. The number of rotatable bonds is 11. The Hall–Kier alpha value is -3.08. The predicted octanol–water partition coefficient (Wildman–Crippen LogP) is 2.64. The van der Waals surface area contributed by atoms with Crippen LogP contribution in [0.1, 0.15) is 0 Å². The third-order valence-corrected chi connectivity index (χ3v) is 5.07. The van der Waals surface area contributed by atoms with Gasteiger partial charge in [-0.1, -0.05) is 18.2 Å². The van der Waals surface area contributed by atoms with Crippen molar-refractivity contribution in [2.45, 2.75) is 6.10 Å². The van der Waals surface area contributed by atoms with E-state index in [9.17, 15) is 4.79 Å². The second-order valence-corrected chi connectivity index (χ2v) is 8.23. The second kappa shape index (κ2) is 11.2. The molecule has 3 rings (SSSR count). The minimum atomic E-state index is -0.368. The summed E-state index contributed by atoms with van der Waals surface area (Å²) in [6, 6.07) is 3.37. The van der Waals surface area contributed by atoms with Crippen LogP contribution in [-0.4, -0.2) is 86.3 Å². The summed E-state index contributed by atoms with van der Waals surface area (Å²) in [5.41, 5.74) is 0.971. The molecule has 0 aliphatic carbocycles. The van der Waals surface area contributed by atoms with E-state index in [-0.39, 0.29) is 18.0 Å². The maximum absolute atomic E-state index is 12.0. The van der Waals surface area contributed by atoms with Crippen LogP contribution in [0.3, 0.4) is 0 Å². The number of likely N-dealkylation sites (N-methyl/N-ethyl adjacent to an activating group) is 2. The number of carbonyl (C=O) groups is 1. The summed E-state index contributed by atoms with van der Waals surface area (Å²) in [6.07, 6.45) is 2.69. The molecule has 1 amide bonds. The Morgan fingerprint density at radius 1 is 1.33 bits per heavy atom. The van der Waals surface area contributed by atoms with Crippen LogP contribution in [0.4, 0.5) is 17.3 Å². The van der Waals surface area contributed by atoms with Gasteiger partial charge in [0.1, 0.15) is 29.2 Å². The average molecular weight is 477 g/mol. The van der Waals surface area contributed by atoms with Crippen LogP contribution >= 0.6 is 11.6 Å². The van der Waals surface area contributed by atoms with Crippen LogP contribution in [0, 0.1) is 0 Å². The number of ether oxygens (including phenoxy) is 3. The zero-order valence-corrected chi connectivity index (χ0v) is 20.0. The number of halogens is 1. The van der Waals surface area contributed by atoms with E-state index in [0.29, 0.717) is 46.9 Å². The molecule has 0 unspecified atom stereocenters. The van der Waals surface area contributed by atoms with E-state index < -0.39 is 0 Å². The molecule has 0 saturated carbocycles. The second-order valence-electron chi connectivity index (χ2n) is 7.83. The topological polar surface area (TPSA) is 101 Å². The summed E-state index contributed by atoms with van der Waals surface area (Å²) in [7, 11) is 7.45. The molecule has 2 heterocycles. The summed E-state index contributed by atoms with van der Waals surface area (Å²) in [6.45, 7) is 6.24. The molecule has 1 aliphatic rings. The molecule has 1 aromatic carbocycles. The third kappa shape index (κ3) is 6.70. The lowest BCUT2D eigenvalue weighted by Gasteiger charge is -2.35. The minimum absolute atomic E-state index is 0.0316. The molecule has 2 N–H and O–H groups in total. The molecule has 33 heavy (non-hydrogen) atoms. The van der Waals surface area contributed by atoms with Crippen LogP contribution < -0.4 is 24.8 Å². The molecule has 1 saturated heterocycles. The number of amides is 1. The Labute approximate surface area is 198 Å². The number of nitrogens with one attached hydrogen (secondary N) is 2. The van der Waals surface area contributed by atoms with Crippen LogP contribution in [0.2, 0.25) is 5.02 Å². The fourth-order valence-corrected chi connectivity index (χ4v) is 3.19. The average Bonchev–Trinajstić information content (AvgIpc) is 2.75. The van der Waals surface area contributed by atoms with Gasteiger partial charge in [-0.05, 0) is 33.3 Å². The number of likely N-dealkylation sites (tertiary alicyclic amines) is 1. The molecule has 1 aliphatic heterocycles. The van der Waals surface area contributed by atoms with Gasteiger partial charge in [-0.2, -0.15) is 4.98 Å². The fourth-order valence-electron chi connectivity index (χ4n) is 3.06. The SMILES string of the molecule is C=CC(=O)Nc1cc(Nc2ncc(Cl)c(OC3CN(C)C3)n2)c(OC)cc1OCCN(C)C. The normalized spacial score (nSPS) is 13.9. The number of anilines is 3. The zero-order valence-electron chi connectivity index (χ0n) is 19.2. The van der Waals surface area contributed by atoms with Gasteiger partial charge in [0.15, 0.2) is 0 Å². The first kappa shape index (κ1) is 24.6. The highest BCUT2D eigenvalue weighted by atomic mass is 35.5. The zero-order chi connectivity index (χ0) is 24.0. The first-order valence-corrected chi connectivity index (χ1v) is 10.7. The number of benzene rings is 1. The van der Waals surface area contributed by atoms with E-state index in [1.54, 1.807) is 12.1 Å². The molecule has 1 aromatic heterocycles. The molecule has 10 nitrogen and oxygen atoms in total. The Balaban J connectivity index is 1.85. The smallest absolute Gasteiger partial charge is 0.247 e. The molecule has 1 fully saturated rings. The van der Waals surface area contributed by atoms with Crippen molar-refractivity contribution >= 4 is 34.8 Å². The highest BCUT2D eigenvalue weighted by molar-refractivity contribution is 6.31. The van der Waals surface area contributed by atoms with Crippen LogP contribution in [-0.2, 0) is 4.79 Å². The van der Waals surface area contributed by atoms with Gasteiger partial charge in [-0.3, -0.25) is 9.69 Å². The molecular weight excluding hydrogens is 448 g/mol. The summed E-state index contributed by atoms with van der Waals surface area (Å²) >= 11 is 6.22. The van der Waals surface area contributed by atoms with Crippen molar-refractivity contribution < 1.29 is 19.0 Å². The van der Waals surface area contributed by atoms with Crippen LogP contribution in [0.25, 0.3) is 0 Å². The fraction of sp³-hybridized carbons (Fsp3) is 0.409. The van der Waals surface area contributed by atoms with Gasteiger partial charge in [0.2, 0.25) is 17.7 Å². The quantitative estimate of drug-likeness (QED) is 0.474. The summed E-state index contributed by atoms with van der Waals surface area (Å²) in [5, 5.41) is 6.19. The molecule has 0 radical (unpaired) electrons. The summed E-state index contributed by atoms with van der Waals surface area (Å²) < 4.78 is 17.3. The van der Waals surface area contributed by atoms with E-state index >= 15 is 0 Å². The number of nitrogens with zero attached hydrogens (tertiary/aromatic N) is 4. The van der Waals surface area contributed by atoms with Gasteiger partial charge in [0, 0.05) is 25.7 Å². The first-order valence-electron chi connectivity index (χ1n) is 10.4. The lowest BCUT2D eigenvalue weighted by molar-refractivity contribution is -0.111.